The number of nitrogens with one attached hydrogen (secondary N) is 1. The van der Waals surface area contributed by atoms with Crippen LogP contribution in [0, 0.1) is 0 Å². The fourth-order valence-electron chi connectivity index (χ4n) is 3.49. The number of carbonyl (C=O) groups is 1. The molecule has 2 fully saturated rings. The second-order valence-corrected chi connectivity index (χ2v) is 6.59. The Morgan fingerprint density at radius 3 is 2.46 bits per heavy atom. The van der Waals surface area contributed by atoms with Gasteiger partial charge in [-0.1, -0.05) is 25.0 Å². The van der Waals surface area contributed by atoms with Crippen LogP contribution in [0.2, 0.25) is 0 Å². The maximum Gasteiger partial charge on any atom is 0.224 e. The summed E-state index contributed by atoms with van der Waals surface area (Å²) < 4.78 is 5.44. The summed E-state index contributed by atoms with van der Waals surface area (Å²) in [5.41, 5.74) is 2.33. The molecule has 1 aromatic carbocycles. The van der Waals surface area contributed by atoms with Crippen LogP contribution >= 0.6 is 0 Å². The minimum absolute atomic E-state index is 0.285. The van der Waals surface area contributed by atoms with Gasteiger partial charge in [-0.25, -0.2) is 0 Å². The van der Waals surface area contributed by atoms with Crippen LogP contribution in [-0.4, -0.2) is 56.7 Å². The van der Waals surface area contributed by atoms with E-state index in [-0.39, 0.29) is 5.91 Å². The van der Waals surface area contributed by atoms with Crippen molar-refractivity contribution in [1.29, 1.82) is 0 Å². The molecule has 0 saturated carbocycles. The molecule has 5 heteroatoms. The van der Waals surface area contributed by atoms with Crippen molar-refractivity contribution in [1.82, 2.24) is 4.90 Å². The summed E-state index contributed by atoms with van der Waals surface area (Å²) in [6, 6.07) is 8.35. The number of anilines is 2. The Labute approximate surface area is 145 Å². The van der Waals surface area contributed by atoms with Crippen molar-refractivity contribution in [2.45, 2.75) is 32.1 Å². The predicted octanol–water partition coefficient (Wildman–Crippen LogP) is 2.73. The highest BCUT2D eigenvalue weighted by Gasteiger charge is 2.16. The number of para-hydroxylation sites is 2. The molecule has 0 spiro atoms. The zero-order chi connectivity index (χ0) is 16.6. The number of nitrogens with zero attached hydrogens (tertiary/aromatic N) is 2. The smallest absolute Gasteiger partial charge is 0.224 e. The first kappa shape index (κ1) is 17.1. The Kier molecular flexibility index (Phi) is 6.35. The topological polar surface area (TPSA) is 44.8 Å². The maximum atomic E-state index is 12.4. The van der Waals surface area contributed by atoms with Crippen LogP contribution in [0.1, 0.15) is 32.1 Å². The molecule has 3 rings (SSSR count). The molecule has 2 heterocycles. The zero-order valence-corrected chi connectivity index (χ0v) is 14.5. The fourth-order valence-corrected chi connectivity index (χ4v) is 3.49. The molecule has 2 aliphatic rings. The summed E-state index contributed by atoms with van der Waals surface area (Å²) in [6.45, 7) is 5.96. The first-order valence-electron chi connectivity index (χ1n) is 9.28. The van der Waals surface area contributed by atoms with Crippen LogP contribution in [0.25, 0.3) is 0 Å². The van der Waals surface area contributed by atoms with Crippen molar-refractivity contribution in [3.8, 4) is 0 Å². The lowest BCUT2D eigenvalue weighted by atomic mass is 10.2. The van der Waals surface area contributed by atoms with Crippen molar-refractivity contribution in [2.75, 3.05) is 56.2 Å². The Balaban J connectivity index is 1.52. The van der Waals surface area contributed by atoms with Gasteiger partial charge in [0.1, 0.15) is 0 Å². The third kappa shape index (κ3) is 4.63. The van der Waals surface area contributed by atoms with Crippen LogP contribution in [0.5, 0.6) is 0 Å². The van der Waals surface area contributed by atoms with E-state index in [1.807, 2.05) is 11.0 Å². The number of rotatable bonds is 5. The number of ether oxygens (including phenoxy) is 1. The van der Waals surface area contributed by atoms with E-state index in [1.165, 1.54) is 18.5 Å². The lowest BCUT2D eigenvalue weighted by Gasteiger charge is -2.30. The van der Waals surface area contributed by atoms with E-state index in [0.717, 1.165) is 57.9 Å². The predicted molar refractivity (Wildman–Crippen MR) is 97.6 cm³/mol. The number of amides is 1. The molecule has 5 nitrogen and oxygen atoms in total. The molecule has 0 atom stereocenters. The average molecular weight is 331 g/mol. The van der Waals surface area contributed by atoms with E-state index in [0.29, 0.717) is 13.0 Å². The molecule has 0 aliphatic carbocycles. The Morgan fingerprint density at radius 2 is 1.71 bits per heavy atom. The van der Waals surface area contributed by atoms with E-state index in [4.69, 9.17) is 4.74 Å². The minimum Gasteiger partial charge on any atom is -0.383 e. The first-order valence-corrected chi connectivity index (χ1v) is 9.28. The Morgan fingerprint density at radius 1 is 1.00 bits per heavy atom. The molecule has 0 unspecified atom stereocenters. The van der Waals surface area contributed by atoms with Crippen molar-refractivity contribution >= 4 is 17.3 Å². The number of hydrogen-bond acceptors (Lipinski definition) is 4. The largest absolute Gasteiger partial charge is 0.383 e. The number of carbonyl (C=O) groups excluding carboxylic acids is 1. The lowest BCUT2D eigenvalue weighted by molar-refractivity contribution is -0.130. The summed E-state index contributed by atoms with van der Waals surface area (Å²) in [4.78, 5) is 16.8. The van der Waals surface area contributed by atoms with Crippen LogP contribution in [0.15, 0.2) is 24.3 Å². The summed E-state index contributed by atoms with van der Waals surface area (Å²) in [5.74, 6) is 0.285. The van der Waals surface area contributed by atoms with Gasteiger partial charge in [-0.2, -0.15) is 0 Å². The number of benzene rings is 1. The van der Waals surface area contributed by atoms with Crippen LogP contribution in [0.3, 0.4) is 0 Å². The van der Waals surface area contributed by atoms with Crippen LogP contribution < -0.4 is 10.2 Å². The molecule has 2 saturated heterocycles. The van der Waals surface area contributed by atoms with E-state index in [2.05, 4.69) is 28.4 Å². The van der Waals surface area contributed by atoms with Crippen LogP contribution in [0.4, 0.5) is 11.4 Å². The molecule has 1 N–H and O–H groups in total. The highest BCUT2D eigenvalue weighted by molar-refractivity contribution is 5.77. The molecular formula is C19H29N3O2. The zero-order valence-electron chi connectivity index (χ0n) is 14.5. The molecule has 1 aromatic rings. The quantitative estimate of drug-likeness (QED) is 0.901. The lowest BCUT2D eigenvalue weighted by Crippen LogP contribution is -2.36. The normalized spacial score (nSPS) is 19.0. The van der Waals surface area contributed by atoms with Gasteiger partial charge in [-0.05, 0) is 25.0 Å². The molecule has 0 bridgehead atoms. The maximum absolute atomic E-state index is 12.4. The molecule has 0 radical (unpaired) electrons. The number of likely N-dealkylation sites (tertiary alicyclic amines) is 1. The van der Waals surface area contributed by atoms with Gasteiger partial charge in [0, 0.05) is 39.1 Å². The van der Waals surface area contributed by atoms with E-state index < -0.39 is 0 Å². The average Bonchev–Trinajstić information content (AvgIpc) is 2.92. The fraction of sp³-hybridized carbons (Fsp3) is 0.632. The third-order valence-electron chi connectivity index (χ3n) is 4.87. The highest BCUT2D eigenvalue weighted by atomic mass is 16.5. The SMILES string of the molecule is O=C(CCNc1ccccc1N1CCOCC1)N1CCCCCC1. The van der Waals surface area contributed by atoms with Crippen LogP contribution in [-0.2, 0) is 9.53 Å². The molecule has 132 valence electrons. The second-order valence-electron chi connectivity index (χ2n) is 6.59. The van der Waals surface area contributed by atoms with Crippen molar-refractivity contribution < 1.29 is 9.53 Å². The van der Waals surface area contributed by atoms with Gasteiger partial charge < -0.3 is 19.9 Å². The van der Waals surface area contributed by atoms with Gasteiger partial charge in [0.05, 0.1) is 24.6 Å². The van der Waals surface area contributed by atoms with E-state index in [9.17, 15) is 4.79 Å². The molecule has 1 amide bonds. The summed E-state index contributed by atoms with van der Waals surface area (Å²) >= 11 is 0. The van der Waals surface area contributed by atoms with Gasteiger partial charge in [0.2, 0.25) is 5.91 Å². The monoisotopic (exact) mass is 331 g/mol. The molecular weight excluding hydrogens is 302 g/mol. The van der Waals surface area contributed by atoms with Crippen molar-refractivity contribution in [2.24, 2.45) is 0 Å². The number of morpholine rings is 1. The van der Waals surface area contributed by atoms with Crippen molar-refractivity contribution in [3.63, 3.8) is 0 Å². The molecule has 24 heavy (non-hydrogen) atoms. The standard InChI is InChI=1S/C19H29N3O2/c23-19(22-11-5-1-2-6-12-22)9-10-20-17-7-3-4-8-18(17)21-13-15-24-16-14-21/h3-4,7-8,20H,1-2,5-6,9-16H2. The number of hydrogen-bond donors (Lipinski definition) is 1. The van der Waals surface area contributed by atoms with Gasteiger partial charge in [0.15, 0.2) is 0 Å². The third-order valence-corrected chi connectivity index (χ3v) is 4.87. The van der Waals surface area contributed by atoms with Gasteiger partial charge >= 0.3 is 0 Å². The van der Waals surface area contributed by atoms with E-state index >= 15 is 0 Å². The molecule has 2 aliphatic heterocycles. The Hall–Kier alpha value is -1.75. The summed E-state index contributed by atoms with van der Waals surface area (Å²) in [7, 11) is 0. The van der Waals surface area contributed by atoms with Crippen molar-refractivity contribution in [3.05, 3.63) is 24.3 Å². The summed E-state index contributed by atoms with van der Waals surface area (Å²) in [6.07, 6.45) is 5.39. The minimum atomic E-state index is 0.285. The summed E-state index contributed by atoms with van der Waals surface area (Å²) in [5, 5.41) is 3.47. The second kappa shape index (κ2) is 8.92. The molecule has 0 aromatic heterocycles. The van der Waals surface area contributed by atoms with Gasteiger partial charge in [0.25, 0.3) is 0 Å². The van der Waals surface area contributed by atoms with Gasteiger partial charge in [-0.3, -0.25) is 4.79 Å². The highest BCUT2D eigenvalue weighted by Crippen LogP contribution is 2.26. The Bertz CT molecular complexity index is 521. The van der Waals surface area contributed by atoms with E-state index in [1.54, 1.807) is 0 Å². The van der Waals surface area contributed by atoms with Gasteiger partial charge in [-0.15, -0.1) is 0 Å². The first-order chi connectivity index (χ1) is 11.8.